The van der Waals surface area contributed by atoms with Gasteiger partial charge in [-0.2, -0.15) is 22.5 Å². The molecule has 5 rings (SSSR count). The van der Waals surface area contributed by atoms with E-state index in [0.717, 1.165) is 49.9 Å². The van der Waals surface area contributed by atoms with Gasteiger partial charge in [0.1, 0.15) is 5.82 Å². The molecular formula is C26H36FN5O3S. The number of piperidine rings is 1. The molecule has 1 aromatic carbocycles. The van der Waals surface area contributed by atoms with Gasteiger partial charge < -0.3 is 9.64 Å². The lowest BCUT2D eigenvalue weighted by Crippen LogP contribution is -2.55. The van der Waals surface area contributed by atoms with Crippen LogP contribution in [-0.4, -0.2) is 67.9 Å². The average molecular weight is 518 g/mol. The largest absolute Gasteiger partial charge is 0.378 e. The van der Waals surface area contributed by atoms with Crippen molar-refractivity contribution in [2.45, 2.75) is 69.1 Å². The number of rotatable bonds is 9. The Morgan fingerprint density at radius 1 is 1.11 bits per heavy atom. The number of benzene rings is 1. The zero-order valence-corrected chi connectivity index (χ0v) is 21.6. The quantitative estimate of drug-likeness (QED) is 0.548. The van der Waals surface area contributed by atoms with Crippen LogP contribution >= 0.6 is 0 Å². The van der Waals surface area contributed by atoms with Gasteiger partial charge in [-0.1, -0.05) is 12.1 Å². The molecular weight excluding hydrogens is 481 g/mol. The molecule has 196 valence electrons. The highest BCUT2D eigenvalue weighted by atomic mass is 32.2. The summed E-state index contributed by atoms with van der Waals surface area (Å²) in [5.41, 5.74) is 1.06. The zero-order valence-electron chi connectivity index (χ0n) is 20.8. The molecule has 1 aliphatic heterocycles. The predicted octanol–water partition coefficient (Wildman–Crippen LogP) is 3.48. The summed E-state index contributed by atoms with van der Waals surface area (Å²) >= 11 is 0. The van der Waals surface area contributed by atoms with Crippen LogP contribution in [0.2, 0.25) is 0 Å². The van der Waals surface area contributed by atoms with E-state index in [0.29, 0.717) is 32.0 Å². The summed E-state index contributed by atoms with van der Waals surface area (Å²) < 4.78 is 50.5. The van der Waals surface area contributed by atoms with Gasteiger partial charge in [0.05, 0.1) is 12.7 Å². The summed E-state index contributed by atoms with van der Waals surface area (Å²) in [7, 11) is -1.88. The summed E-state index contributed by atoms with van der Waals surface area (Å²) in [6, 6.07) is 10.6. The van der Waals surface area contributed by atoms with Crippen LogP contribution < -0.4 is 9.62 Å². The molecule has 2 unspecified atom stereocenters. The highest BCUT2D eigenvalue weighted by molar-refractivity contribution is 7.87. The SMILES string of the molecule is CN(C1CC1)S(=O)(=O)NC1CCN(c2cccnn2)CC1CO[C@H]1CC[C@@H](c2cccc(F)c2)CC1. The van der Waals surface area contributed by atoms with Crippen molar-refractivity contribution in [2.75, 3.05) is 31.6 Å². The predicted molar refractivity (Wildman–Crippen MR) is 136 cm³/mol. The molecule has 8 nitrogen and oxygen atoms in total. The second kappa shape index (κ2) is 11.1. The summed E-state index contributed by atoms with van der Waals surface area (Å²) in [4.78, 5) is 2.16. The molecule has 2 saturated carbocycles. The van der Waals surface area contributed by atoms with Crippen LogP contribution in [0.25, 0.3) is 0 Å². The first kappa shape index (κ1) is 25.5. The lowest BCUT2D eigenvalue weighted by molar-refractivity contribution is -0.00226. The lowest BCUT2D eigenvalue weighted by atomic mass is 9.82. The minimum atomic E-state index is -3.55. The Morgan fingerprint density at radius 2 is 1.92 bits per heavy atom. The van der Waals surface area contributed by atoms with E-state index in [2.05, 4.69) is 19.8 Å². The molecule has 0 bridgehead atoms. The fourth-order valence-corrected chi connectivity index (χ4v) is 6.98. The van der Waals surface area contributed by atoms with Gasteiger partial charge in [-0.25, -0.2) is 4.39 Å². The molecule has 10 heteroatoms. The fourth-order valence-electron chi connectivity index (χ4n) is 5.52. The van der Waals surface area contributed by atoms with Gasteiger partial charge in [0.15, 0.2) is 5.82 Å². The van der Waals surface area contributed by atoms with Crippen molar-refractivity contribution >= 4 is 16.0 Å². The van der Waals surface area contributed by atoms with Crippen molar-refractivity contribution in [1.82, 2.24) is 19.2 Å². The Balaban J connectivity index is 1.21. The molecule has 0 spiro atoms. The van der Waals surface area contributed by atoms with E-state index < -0.39 is 10.2 Å². The standard InChI is InChI=1S/C26H36FN5O3S/c1-31(23-9-10-23)36(33,34)30-25-13-15-32(26-6-3-14-28-29-26)17-21(25)18-35-24-11-7-19(8-12-24)20-4-2-5-22(27)16-20/h2-6,14,16,19,21,23-25,30H,7-13,15,17-18H2,1H3/t19-,21?,24+,25?. The van der Waals surface area contributed by atoms with Crippen LogP contribution in [0.3, 0.4) is 0 Å². The van der Waals surface area contributed by atoms with Crippen LogP contribution in [0.15, 0.2) is 42.6 Å². The van der Waals surface area contributed by atoms with Crippen LogP contribution in [0.4, 0.5) is 10.2 Å². The Bertz CT molecular complexity index is 1110. The van der Waals surface area contributed by atoms with Crippen LogP contribution in [0, 0.1) is 11.7 Å². The third-order valence-electron chi connectivity index (χ3n) is 7.90. The van der Waals surface area contributed by atoms with Gasteiger partial charge in [-0.3, -0.25) is 0 Å². The normalized spacial score (nSPS) is 27.4. The zero-order chi connectivity index (χ0) is 25.1. The first-order valence-corrected chi connectivity index (χ1v) is 14.5. The van der Waals surface area contributed by atoms with Crippen molar-refractivity contribution in [2.24, 2.45) is 5.92 Å². The summed E-state index contributed by atoms with van der Waals surface area (Å²) in [5, 5.41) is 8.26. The summed E-state index contributed by atoms with van der Waals surface area (Å²) in [6.45, 7) is 1.83. The highest BCUT2D eigenvalue weighted by Gasteiger charge is 2.39. The minimum Gasteiger partial charge on any atom is -0.378 e. The van der Waals surface area contributed by atoms with Gasteiger partial charge in [-0.15, -0.1) is 5.10 Å². The number of hydrogen-bond acceptors (Lipinski definition) is 6. The van der Waals surface area contributed by atoms with Crippen molar-refractivity contribution < 1.29 is 17.5 Å². The van der Waals surface area contributed by atoms with Crippen molar-refractivity contribution in [1.29, 1.82) is 0 Å². The molecule has 2 aromatic rings. The maximum absolute atomic E-state index is 13.6. The number of nitrogens with zero attached hydrogens (tertiary/aromatic N) is 4. The van der Waals surface area contributed by atoms with E-state index in [-0.39, 0.29) is 29.9 Å². The molecule has 2 atom stereocenters. The molecule has 0 amide bonds. The van der Waals surface area contributed by atoms with Gasteiger partial charge >= 0.3 is 0 Å². The van der Waals surface area contributed by atoms with Crippen molar-refractivity contribution in [3.05, 3.63) is 54.0 Å². The Hall–Kier alpha value is -2.14. The van der Waals surface area contributed by atoms with E-state index in [1.807, 2.05) is 18.2 Å². The van der Waals surface area contributed by atoms with E-state index in [9.17, 15) is 12.8 Å². The number of aromatic nitrogens is 2. The van der Waals surface area contributed by atoms with Crippen molar-refractivity contribution in [3.8, 4) is 0 Å². The summed E-state index contributed by atoms with van der Waals surface area (Å²) in [6.07, 6.45) is 8.08. The van der Waals surface area contributed by atoms with Crippen LogP contribution in [-0.2, 0) is 14.9 Å². The molecule has 2 aliphatic carbocycles. The van der Waals surface area contributed by atoms with Gasteiger partial charge in [-0.05, 0) is 80.7 Å². The first-order chi connectivity index (χ1) is 17.4. The third-order valence-corrected chi connectivity index (χ3v) is 9.55. The number of anilines is 1. The monoisotopic (exact) mass is 517 g/mol. The van der Waals surface area contributed by atoms with Gasteiger partial charge in [0.2, 0.25) is 0 Å². The number of hydrogen-bond donors (Lipinski definition) is 1. The second-order valence-corrected chi connectivity index (χ2v) is 12.2. The fraction of sp³-hybridized carbons (Fsp3) is 0.615. The van der Waals surface area contributed by atoms with Crippen molar-refractivity contribution in [3.63, 3.8) is 0 Å². The number of nitrogens with one attached hydrogen (secondary N) is 1. The summed E-state index contributed by atoms with van der Waals surface area (Å²) in [5.74, 6) is 0.968. The maximum Gasteiger partial charge on any atom is 0.279 e. The number of halogens is 1. The average Bonchev–Trinajstić information content (AvgIpc) is 3.74. The molecule has 36 heavy (non-hydrogen) atoms. The van der Waals surface area contributed by atoms with E-state index in [1.165, 1.54) is 10.4 Å². The molecule has 1 aromatic heterocycles. The van der Waals surface area contributed by atoms with Gasteiger partial charge in [0.25, 0.3) is 10.2 Å². The third kappa shape index (κ3) is 6.22. The molecule has 0 radical (unpaired) electrons. The second-order valence-electron chi connectivity index (χ2n) is 10.4. The Labute approximate surface area is 213 Å². The van der Waals surface area contributed by atoms with E-state index in [1.54, 1.807) is 25.4 Å². The van der Waals surface area contributed by atoms with E-state index in [4.69, 9.17) is 4.74 Å². The smallest absolute Gasteiger partial charge is 0.279 e. The Kier molecular flexibility index (Phi) is 7.85. The minimum absolute atomic E-state index is 0.0101. The van der Waals surface area contributed by atoms with Gasteiger partial charge in [0, 0.05) is 44.3 Å². The molecule has 3 fully saturated rings. The molecule has 1 N–H and O–H groups in total. The lowest BCUT2D eigenvalue weighted by Gasteiger charge is -2.40. The highest BCUT2D eigenvalue weighted by Crippen LogP contribution is 2.35. The topological polar surface area (TPSA) is 87.7 Å². The Morgan fingerprint density at radius 3 is 2.61 bits per heavy atom. The number of ether oxygens (including phenoxy) is 1. The first-order valence-electron chi connectivity index (χ1n) is 13.0. The molecule has 2 heterocycles. The molecule has 3 aliphatic rings. The van der Waals surface area contributed by atoms with E-state index >= 15 is 0 Å². The van der Waals surface area contributed by atoms with Crippen LogP contribution in [0.5, 0.6) is 0 Å². The molecule has 1 saturated heterocycles. The van der Waals surface area contributed by atoms with Crippen LogP contribution in [0.1, 0.15) is 56.4 Å². The maximum atomic E-state index is 13.6.